The zero-order chi connectivity index (χ0) is 12.3. The lowest BCUT2D eigenvalue weighted by atomic mass is 10.3. The van der Waals surface area contributed by atoms with E-state index < -0.39 is 11.6 Å². The Morgan fingerprint density at radius 1 is 1.35 bits per heavy atom. The van der Waals surface area contributed by atoms with E-state index in [1.54, 1.807) is 5.38 Å². The number of nitrogens with zero attached hydrogens (tertiary/aromatic N) is 1. The van der Waals surface area contributed by atoms with Crippen LogP contribution in [0.4, 0.5) is 8.78 Å². The second-order valence-electron chi connectivity index (χ2n) is 3.23. The van der Waals surface area contributed by atoms with E-state index in [9.17, 15) is 8.78 Å². The zero-order valence-corrected chi connectivity index (χ0v) is 10.2. The number of benzene rings is 1. The first-order chi connectivity index (χ1) is 8.19. The number of hydrogen-bond acceptors (Lipinski definition) is 3. The lowest BCUT2D eigenvalue weighted by Crippen LogP contribution is -1.97. The maximum absolute atomic E-state index is 13.2. The van der Waals surface area contributed by atoms with E-state index in [4.69, 9.17) is 16.3 Å². The van der Waals surface area contributed by atoms with Gasteiger partial charge in [0.15, 0.2) is 11.6 Å². The Kier molecular flexibility index (Phi) is 3.91. The van der Waals surface area contributed by atoms with Gasteiger partial charge in [0.05, 0.1) is 11.6 Å². The number of rotatable bonds is 4. The van der Waals surface area contributed by atoms with Gasteiger partial charge in [0.1, 0.15) is 17.4 Å². The van der Waals surface area contributed by atoms with Gasteiger partial charge in [-0.25, -0.2) is 13.8 Å². The van der Waals surface area contributed by atoms with Crippen LogP contribution < -0.4 is 4.74 Å². The lowest BCUT2D eigenvalue weighted by Gasteiger charge is -2.04. The second-order valence-corrected chi connectivity index (χ2v) is 4.44. The molecule has 0 bridgehead atoms. The molecule has 0 aliphatic rings. The maximum Gasteiger partial charge on any atom is 0.165 e. The smallest absolute Gasteiger partial charge is 0.165 e. The Morgan fingerprint density at radius 3 is 2.88 bits per heavy atom. The summed E-state index contributed by atoms with van der Waals surface area (Å²) in [6.07, 6.45) is 0. The minimum atomic E-state index is -0.597. The van der Waals surface area contributed by atoms with Gasteiger partial charge in [-0.1, -0.05) is 0 Å². The predicted molar refractivity (Wildman–Crippen MR) is 62.4 cm³/mol. The molecular formula is C11H8ClF2NOS. The highest BCUT2D eigenvalue weighted by Crippen LogP contribution is 2.20. The highest BCUT2D eigenvalue weighted by Gasteiger charge is 2.07. The quantitative estimate of drug-likeness (QED) is 0.793. The maximum atomic E-state index is 13.2. The molecule has 2 nitrogen and oxygen atoms in total. The summed E-state index contributed by atoms with van der Waals surface area (Å²) >= 11 is 6.96. The van der Waals surface area contributed by atoms with E-state index in [0.717, 1.165) is 23.9 Å². The molecule has 0 radical (unpaired) electrons. The van der Waals surface area contributed by atoms with Gasteiger partial charge in [-0.3, -0.25) is 0 Å². The fourth-order valence-electron chi connectivity index (χ4n) is 1.20. The highest BCUT2D eigenvalue weighted by molar-refractivity contribution is 7.09. The van der Waals surface area contributed by atoms with Crippen molar-refractivity contribution < 1.29 is 13.5 Å². The summed E-state index contributed by atoms with van der Waals surface area (Å²) in [5.41, 5.74) is 0.745. The standard InChI is InChI=1S/C11H8ClF2NOS/c12-4-8-6-17-11(15-8)5-16-10-3-7(13)1-2-9(10)14/h1-3,6H,4-5H2. The minimum absolute atomic E-state index is 0.0991. The summed E-state index contributed by atoms with van der Waals surface area (Å²) in [7, 11) is 0. The first-order valence-electron chi connectivity index (χ1n) is 4.76. The van der Waals surface area contributed by atoms with Crippen LogP contribution in [-0.2, 0) is 12.5 Å². The SMILES string of the molecule is Fc1ccc(F)c(OCc2nc(CCl)cs2)c1. The van der Waals surface area contributed by atoms with Gasteiger partial charge in [-0.15, -0.1) is 22.9 Å². The zero-order valence-electron chi connectivity index (χ0n) is 8.62. The molecule has 0 saturated carbocycles. The van der Waals surface area contributed by atoms with E-state index in [-0.39, 0.29) is 12.4 Å². The van der Waals surface area contributed by atoms with Gasteiger partial charge in [0, 0.05) is 11.4 Å². The van der Waals surface area contributed by atoms with Crippen LogP contribution in [0.25, 0.3) is 0 Å². The molecule has 0 amide bonds. The number of aromatic nitrogens is 1. The average molecular weight is 276 g/mol. The predicted octanol–water partition coefficient (Wildman–Crippen LogP) is 3.74. The van der Waals surface area contributed by atoms with Crippen LogP contribution in [0.1, 0.15) is 10.7 Å². The monoisotopic (exact) mass is 275 g/mol. The van der Waals surface area contributed by atoms with Crippen molar-refractivity contribution in [3.8, 4) is 5.75 Å². The summed E-state index contributed by atoms with van der Waals surface area (Å²) < 4.78 is 31.2. The molecule has 0 aliphatic carbocycles. The van der Waals surface area contributed by atoms with Crippen LogP contribution in [0.15, 0.2) is 23.6 Å². The first kappa shape index (κ1) is 12.3. The van der Waals surface area contributed by atoms with Crippen LogP contribution in [0, 0.1) is 11.6 Å². The van der Waals surface area contributed by atoms with Crippen molar-refractivity contribution in [1.82, 2.24) is 4.98 Å². The van der Waals surface area contributed by atoms with Gasteiger partial charge < -0.3 is 4.74 Å². The van der Waals surface area contributed by atoms with E-state index in [0.29, 0.717) is 10.9 Å². The van der Waals surface area contributed by atoms with Crippen molar-refractivity contribution in [2.24, 2.45) is 0 Å². The number of halogens is 3. The van der Waals surface area contributed by atoms with E-state index in [1.807, 2.05) is 0 Å². The first-order valence-corrected chi connectivity index (χ1v) is 6.17. The number of thiazole rings is 1. The third kappa shape index (κ3) is 3.14. The average Bonchev–Trinajstić information content (AvgIpc) is 2.78. The molecule has 1 aromatic carbocycles. The Balaban J connectivity index is 2.04. The molecule has 2 aromatic rings. The Morgan fingerprint density at radius 2 is 2.18 bits per heavy atom. The largest absolute Gasteiger partial charge is 0.483 e. The van der Waals surface area contributed by atoms with Crippen molar-refractivity contribution in [3.63, 3.8) is 0 Å². The molecule has 0 atom stereocenters. The number of alkyl halides is 1. The molecule has 17 heavy (non-hydrogen) atoms. The molecule has 0 unspecified atom stereocenters. The highest BCUT2D eigenvalue weighted by atomic mass is 35.5. The van der Waals surface area contributed by atoms with Gasteiger partial charge in [0.25, 0.3) is 0 Å². The Hall–Kier alpha value is -1.20. The lowest BCUT2D eigenvalue weighted by molar-refractivity contribution is 0.288. The summed E-state index contributed by atoms with van der Waals surface area (Å²) in [5, 5.41) is 2.47. The van der Waals surface area contributed by atoms with Gasteiger partial charge in [0.2, 0.25) is 0 Å². The third-order valence-electron chi connectivity index (χ3n) is 1.98. The van der Waals surface area contributed by atoms with E-state index >= 15 is 0 Å². The Labute approximate surface area is 106 Å². The van der Waals surface area contributed by atoms with Crippen molar-refractivity contribution in [3.05, 3.63) is 45.9 Å². The molecular weight excluding hydrogens is 268 g/mol. The molecule has 6 heteroatoms. The normalized spacial score (nSPS) is 10.5. The van der Waals surface area contributed by atoms with Crippen LogP contribution in [0.5, 0.6) is 5.75 Å². The van der Waals surface area contributed by atoms with Crippen LogP contribution in [0.3, 0.4) is 0 Å². The molecule has 1 aromatic heterocycles. The molecule has 1 heterocycles. The van der Waals surface area contributed by atoms with Crippen molar-refractivity contribution >= 4 is 22.9 Å². The second kappa shape index (κ2) is 5.42. The van der Waals surface area contributed by atoms with Crippen LogP contribution in [-0.4, -0.2) is 4.98 Å². The topological polar surface area (TPSA) is 22.1 Å². The van der Waals surface area contributed by atoms with Gasteiger partial charge >= 0.3 is 0 Å². The summed E-state index contributed by atoms with van der Waals surface area (Å²) in [6.45, 7) is 0.0991. The molecule has 0 aliphatic heterocycles. The fraction of sp³-hybridized carbons (Fsp3) is 0.182. The van der Waals surface area contributed by atoms with Gasteiger partial charge in [-0.2, -0.15) is 0 Å². The molecule has 90 valence electrons. The fourth-order valence-corrected chi connectivity index (χ4v) is 2.14. The minimum Gasteiger partial charge on any atom is -0.483 e. The third-order valence-corrected chi connectivity index (χ3v) is 3.13. The van der Waals surface area contributed by atoms with Crippen molar-refractivity contribution in [2.75, 3.05) is 0 Å². The summed E-state index contributed by atoms with van der Waals surface area (Å²) in [6, 6.07) is 3.07. The molecule has 2 rings (SSSR count). The number of ether oxygens (including phenoxy) is 1. The van der Waals surface area contributed by atoms with Crippen molar-refractivity contribution in [2.45, 2.75) is 12.5 Å². The molecule has 0 saturated heterocycles. The molecule has 0 N–H and O–H groups in total. The Bertz CT molecular complexity index is 518. The van der Waals surface area contributed by atoms with E-state index in [2.05, 4.69) is 4.98 Å². The number of hydrogen-bond donors (Lipinski definition) is 0. The van der Waals surface area contributed by atoms with Crippen LogP contribution >= 0.6 is 22.9 Å². The van der Waals surface area contributed by atoms with Gasteiger partial charge in [-0.05, 0) is 12.1 Å². The van der Waals surface area contributed by atoms with Crippen molar-refractivity contribution in [1.29, 1.82) is 0 Å². The molecule has 0 fully saturated rings. The summed E-state index contributed by atoms with van der Waals surface area (Å²) in [4.78, 5) is 4.14. The summed E-state index contributed by atoms with van der Waals surface area (Å²) in [5.74, 6) is -0.930. The van der Waals surface area contributed by atoms with E-state index in [1.165, 1.54) is 11.3 Å². The van der Waals surface area contributed by atoms with Crippen LogP contribution in [0.2, 0.25) is 0 Å². The molecule has 0 spiro atoms.